The van der Waals surface area contributed by atoms with Crippen molar-refractivity contribution in [1.82, 2.24) is 0 Å². The van der Waals surface area contributed by atoms with Gasteiger partial charge in [0.1, 0.15) is 55.4 Å². The number of aliphatic hydroxyl groups is 8. The first-order valence-electron chi connectivity index (χ1n) is 21.5. The number of ether oxygens (including phenoxy) is 10. The van der Waals surface area contributed by atoms with Crippen molar-refractivity contribution in [2.75, 3.05) is 40.6 Å². The van der Waals surface area contributed by atoms with Gasteiger partial charge in [-0.2, -0.15) is 0 Å². The molecule has 15 unspecified atom stereocenters. The largest absolute Gasteiger partial charge is 0.468 e. The van der Waals surface area contributed by atoms with Crippen molar-refractivity contribution in [3.8, 4) is 0 Å². The van der Waals surface area contributed by atoms with Crippen LogP contribution in [0.4, 0.5) is 0 Å². The number of allylic oxidation sites excluding steroid dienone is 3. The highest BCUT2D eigenvalue weighted by Gasteiger charge is 2.48. The molecule has 372 valence electrons. The van der Waals surface area contributed by atoms with E-state index in [1.165, 1.54) is 0 Å². The Morgan fingerprint density at radius 1 is 0.667 bits per heavy atom. The molecule has 4 aliphatic heterocycles. The summed E-state index contributed by atoms with van der Waals surface area (Å²) < 4.78 is 54.5. The summed E-state index contributed by atoms with van der Waals surface area (Å²) >= 11 is 0. The highest BCUT2D eigenvalue weighted by atomic mass is 16.8. The maximum absolute atomic E-state index is 13.2. The lowest BCUT2D eigenvalue weighted by atomic mass is 9.86. The van der Waals surface area contributed by atoms with Crippen LogP contribution >= 0.6 is 0 Å². The fraction of sp³-hybridized carbons (Fsp3) is 0.682. The maximum atomic E-state index is 13.2. The molecule has 0 saturated carbocycles. The van der Waals surface area contributed by atoms with Crippen molar-refractivity contribution in [1.29, 1.82) is 0 Å². The van der Waals surface area contributed by atoms with Crippen molar-refractivity contribution < 1.29 is 107 Å². The van der Waals surface area contributed by atoms with Crippen molar-refractivity contribution in [2.24, 2.45) is 17.8 Å². The number of carbonyl (C=O) groups is 4. The predicted octanol–water partition coefficient (Wildman–Crippen LogP) is -0.810. The molecule has 0 bridgehead atoms. The molecule has 4 heterocycles. The van der Waals surface area contributed by atoms with Crippen LogP contribution in [0.5, 0.6) is 0 Å². The van der Waals surface area contributed by atoms with Gasteiger partial charge in [-0.05, 0) is 51.5 Å². The van der Waals surface area contributed by atoms with E-state index in [1.807, 2.05) is 13.0 Å². The van der Waals surface area contributed by atoms with Crippen LogP contribution in [0.25, 0.3) is 0 Å². The highest BCUT2D eigenvalue weighted by molar-refractivity contribution is 5.91. The van der Waals surface area contributed by atoms with E-state index in [4.69, 9.17) is 47.4 Å². The Labute approximate surface area is 381 Å². The van der Waals surface area contributed by atoms with E-state index in [9.17, 15) is 60.0 Å². The molecule has 4 aliphatic rings. The molecule has 4 rings (SSSR count). The Bertz CT molecular complexity index is 1800. The van der Waals surface area contributed by atoms with Crippen molar-refractivity contribution in [2.45, 2.75) is 134 Å². The minimum absolute atomic E-state index is 0.000285. The molecule has 0 aromatic carbocycles. The Kier molecular flexibility index (Phi) is 21.2. The number of hydrogen-bond acceptors (Lipinski definition) is 22. The maximum Gasteiger partial charge on any atom is 0.337 e. The smallest absolute Gasteiger partial charge is 0.337 e. The summed E-state index contributed by atoms with van der Waals surface area (Å²) in [6.45, 7) is 5.61. The lowest BCUT2D eigenvalue weighted by Crippen LogP contribution is -2.60. The zero-order chi connectivity index (χ0) is 48.8. The monoisotopic (exact) mass is 944 g/mol. The molecular formula is C44H64O22. The fourth-order valence-electron chi connectivity index (χ4n) is 7.69. The standard InChI is InChI=1S/C44H64O22/c1-7-23-25(27(39(55)57-5)19-61-41(23)65-43-37(53)35(51)33(49)29(16-45)63-43)14-31(47)59-13-12-21(3)10-9-11-22(4)18-60-32(48)15-26-24(8-2)42(62-20-28(26)40(56)58-6)66-44-38(54)36(52)34(50)30(17-46)64-44/h7-8,11,19-21,25-26,29-30,33-38,41-46,49-54H,9-10,12-18H2,1-6H3. The molecule has 0 amide bonds. The Morgan fingerprint density at radius 3 is 1.52 bits per heavy atom. The zero-order valence-electron chi connectivity index (χ0n) is 37.7. The van der Waals surface area contributed by atoms with Crippen LogP contribution in [0.15, 0.2) is 58.6 Å². The third-order valence-electron chi connectivity index (χ3n) is 11.7. The van der Waals surface area contributed by atoms with E-state index < -0.39 is 123 Å². The first kappa shape index (κ1) is 54.3. The van der Waals surface area contributed by atoms with Crippen molar-refractivity contribution in [3.05, 3.63) is 58.6 Å². The van der Waals surface area contributed by atoms with Gasteiger partial charge < -0.3 is 88.2 Å². The number of rotatable bonds is 20. The molecule has 66 heavy (non-hydrogen) atoms. The van der Waals surface area contributed by atoms with Crippen LogP contribution in [0.3, 0.4) is 0 Å². The van der Waals surface area contributed by atoms with Gasteiger partial charge in [-0.25, -0.2) is 9.59 Å². The number of esters is 4. The average molecular weight is 945 g/mol. The third-order valence-corrected chi connectivity index (χ3v) is 11.7. The van der Waals surface area contributed by atoms with Crippen LogP contribution in [0, 0.1) is 17.8 Å². The van der Waals surface area contributed by atoms with Gasteiger partial charge in [0, 0.05) is 23.0 Å². The fourth-order valence-corrected chi connectivity index (χ4v) is 7.69. The number of methoxy groups -OCH3 is 2. The number of carbonyl (C=O) groups excluding carboxylic acids is 4. The summed E-state index contributed by atoms with van der Waals surface area (Å²) in [6, 6.07) is 0. The Balaban J connectivity index is 1.25. The van der Waals surface area contributed by atoms with Crippen molar-refractivity contribution in [3.63, 3.8) is 0 Å². The van der Waals surface area contributed by atoms with Crippen LogP contribution < -0.4 is 0 Å². The molecule has 0 spiro atoms. The second-order valence-electron chi connectivity index (χ2n) is 16.2. The van der Waals surface area contributed by atoms with Gasteiger partial charge >= 0.3 is 23.9 Å². The lowest BCUT2D eigenvalue weighted by molar-refractivity contribution is -0.327. The van der Waals surface area contributed by atoms with E-state index in [0.29, 0.717) is 19.3 Å². The first-order valence-corrected chi connectivity index (χ1v) is 21.5. The summed E-state index contributed by atoms with van der Waals surface area (Å²) in [5, 5.41) is 80.7. The summed E-state index contributed by atoms with van der Waals surface area (Å²) in [6.07, 6.45) is -10.1. The minimum atomic E-state index is -1.73. The molecule has 0 aliphatic carbocycles. The number of hydrogen-bond donors (Lipinski definition) is 8. The molecule has 8 N–H and O–H groups in total. The summed E-state index contributed by atoms with van der Waals surface area (Å²) in [5.74, 6) is -4.63. The highest BCUT2D eigenvalue weighted by Crippen LogP contribution is 2.38. The van der Waals surface area contributed by atoms with Gasteiger partial charge in [-0.15, -0.1) is 0 Å². The predicted molar refractivity (Wildman–Crippen MR) is 222 cm³/mol. The van der Waals surface area contributed by atoms with Crippen molar-refractivity contribution >= 4 is 23.9 Å². The summed E-state index contributed by atoms with van der Waals surface area (Å²) in [4.78, 5) is 51.7. The van der Waals surface area contributed by atoms with Gasteiger partial charge in [0.25, 0.3) is 0 Å². The van der Waals surface area contributed by atoms with E-state index in [-0.39, 0.29) is 54.3 Å². The normalized spacial score (nSPS) is 34.3. The molecule has 2 saturated heterocycles. The molecule has 0 aromatic rings. The van der Waals surface area contributed by atoms with E-state index in [1.54, 1.807) is 32.9 Å². The summed E-state index contributed by atoms with van der Waals surface area (Å²) in [5.41, 5.74) is 1.30. The minimum Gasteiger partial charge on any atom is -0.468 e. The lowest BCUT2D eigenvalue weighted by Gasteiger charge is -2.41. The molecule has 15 atom stereocenters. The van der Waals surface area contributed by atoms with E-state index in [0.717, 1.165) is 32.3 Å². The topological polar surface area (TPSA) is 322 Å². The van der Waals surface area contributed by atoms with E-state index >= 15 is 0 Å². The second kappa shape index (κ2) is 25.7. The van der Waals surface area contributed by atoms with Crippen LogP contribution in [0.2, 0.25) is 0 Å². The molecule has 0 radical (unpaired) electrons. The van der Waals surface area contributed by atoms with Gasteiger partial charge in [-0.3, -0.25) is 9.59 Å². The van der Waals surface area contributed by atoms with Gasteiger partial charge in [-0.1, -0.05) is 25.2 Å². The third kappa shape index (κ3) is 13.7. The molecule has 0 aromatic heterocycles. The van der Waals surface area contributed by atoms with Gasteiger partial charge in [0.05, 0.1) is 70.6 Å². The SMILES string of the molecule is CC=C1C(OC2OC(CO)C(O)C(O)C2O)OC=C(C(=O)OC)C1CC(=O)OCCC(C)CCC=C(C)COC(=O)CC1C(C(=O)OC)=COC(OC2OC(CO)C(O)C(O)C2O)C1=CC. The summed E-state index contributed by atoms with van der Waals surface area (Å²) in [7, 11) is 2.32. The van der Waals surface area contributed by atoms with Crippen LogP contribution in [-0.4, -0.2) is 179 Å². The van der Waals surface area contributed by atoms with Crippen LogP contribution in [0.1, 0.15) is 59.8 Å². The average Bonchev–Trinajstić information content (AvgIpc) is 3.30. The molecule has 22 heteroatoms. The quantitative estimate of drug-likeness (QED) is 0.0420. The second-order valence-corrected chi connectivity index (χ2v) is 16.2. The molecular weight excluding hydrogens is 880 g/mol. The Morgan fingerprint density at radius 2 is 1.11 bits per heavy atom. The molecule has 2 fully saturated rings. The van der Waals surface area contributed by atoms with Gasteiger partial charge in [0.15, 0.2) is 12.6 Å². The number of aliphatic hydroxyl groups excluding tert-OH is 8. The van der Waals surface area contributed by atoms with Gasteiger partial charge in [0.2, 0.25) is 12.6 Å². The Hall–Kier alpha value is -4.30. The first-order chi connectivity index (χ1) is 31.4. The molecule has 22 nitrogen and oxygen atoms in total. The van der Waals surface area contributed by atoms with Crippen LogP contribution in [-0.2, 0) is 66.5 Å². The zero-order valence-corrected chi connectivity index (χ0v) is 37.7. The van der Waals surface area contributed by atoms with E-state index in [2.05, 4.69) is 0 Å².